The third-order valence-corrected chi connectivity index (χ3v) is 5.29. The van der Waals surface area contributed by atoms with E-state index in [1.54, 1.807) is 7.11 Å². The summed E-state index contributed by atoms with van der Waals surface area (Å²) in [5.41, 5.74) is 1.17. The number of rotatable bonds is 7. The molecule has 2 aliphatic rings. The first-order valence-corrected chi connectivity index (χ1v) is 9.98. The van der Waals surface area contributed by atoms with Gasteiger partial charge in [0.1, 0.15) is 5.75 Å². The summed E-state index contributed by atoms with van der Waals surface area (Å²) in [6.07, 6.45) is 2.78. The van der Waals surface area contributed by atoms with Crippen molar-refractivity contribution in [2.24, 2.45) is 0 Å². The maximum absolute atomic E-state index is 11.9. The monoisotopic (exact) mass is 376 g/mol. The molecule has 0 aliphatic carbocycles. The van der Waals surface area contributed by atoms with Crippen molar-refractivity contribution >= 4 is 11.7 Å². The number of urea groups is 1. The van der Waals surface area contributed by atoms with Crippen LogP contribution in [0.2, 0.25) is 0 Å². The lowest BCUT2D eigenvalue weighted by molar-refractivity contribution is 0.0801. The molecule has 3 rings (SSSR count). The first-order valence-electron chi connectivity index (χ1n) is 9.98. The van der Waals surface area contributed by atoms with Gasteiger partial charge in [-0.3, -0.25) is 4.90 Å². The molecule has 2 amide bonds. The summed E-state index contributed by atoms with van der Waals surface area (Å²) < 4.78 is 10.8. The van der Waals surface area contributed by atoms with E-state index in [1.807, 2.05) is 12.1 Å². The topological polar surface area (TPSA) is 66.1 Å². The summed E-state index contributed by atoms with van der Waals surface area (Å²) in [4.78, 5) is 16.8. The van der Waals surface area contributed by atoms with Crippen LogP contribution in [0.25, 0.3) is 0 Å². The number of nitrogens with zero attached hydrogens (tertiary/aromatic N) is 2. The van der Waals surface area contributed by atoms with Gasteiger partial charge in [-0.05, 0) is 37.9 Å². The van der Waals surface area contributed by atoms with Gasteiger partial charge in [-0.2, -0.15) is 0 Å². The molecule has 2 saturated heterocycles. The van der Waals surface area contributed by atoms with Crippen LogP contribution in [-0.2, 0) is 4.74 Å². The molecule has 0 spiro atoms. The van der Waals surface area contributed by atoms with Crippen LogP contribution in [0.1, 0.15) is 19.3 Å². The number of anilines is 1. The van der Waals surface area contributed by atoms with Crippen LogP contribution < -0.4 is 20.3 Å². The van der Waals surface area contributed by atoms with Gasteiger partial charge >= 0.3 is 6.03 Å². The van der Waals surface area contributed by atoms with Crippen LogP contribution >= 0.6 is 0 Å². The molecule has 0 unspecified atom stereocenters. The van der Waals surface area contributed by atoms with Crippen molar-refractivity contribution in [3.8, 4) is 5.75 Å². The van der Waals surface area contributed by atoms with E-state index in [0.29, 0.717) is 6.54 Å². The third-order valence-electron chi connectivity index (χ3n) is 5.29. The smallest absolute Gasteiger partial charge is 0.315 e. The molecule has 0 saturated carbocycles. The number of carbonyl (C=O) groups is 1. The maximum atomic E-state index is 11.9. The van der Waals surface area contributed by atoms with E-state index in [-0.39, 0.29) is 12.1 Å². The Balaban J connectivity index is 1.30. The van der Waals surface area contributed by atoms with E-state index in [2.05, 4.69) is 32.6 Å². The van der Waals surface area contributed by atoms with Crippen LogP contribution in [0, 0.1) is 0 Å². The standard InChI is InChI=1S/C20H32N4O3/c1-26-19-6-3-2-5-18(19)24-13-11-23(12-14-24)10-4-9-21-20(25)22-17-7-15-27-16-8-17/h2-3,5-6,17H,4,7-16H2,1H3,(H2,21,22,25). The maximum Gasteiger partial charge on any atom is 0.315 e. The molecule has 0 atom stereocenters. The minimum Gasteiger partial charge on any atom is -0.495 e. The highest BCUT2D eigenvalue weighted by Gasteiger charge is 2.19. The molecule has 0 radical (unpaired) electrons. The van der Waals surface area contributed by atoms with Gasteiger partial charge < -0.3 is 25.0 Å². The molecule has 2 aliphatic heterocycles. The second kappa shape index (κ2) is 10.4. The molecule has 1 aromatic carbocycles. The number of hydrogen-bond donors (Lipinski definition) is 2. The Bertz CT molecular complexity index is 584. The zero-order valence-electron chi connectivity index (χ0n) is 16.3. The van der Waals surface area contributed by atoms with Gasteiger partial charge in [0.05, 0.1) is 12.8 Å². The molecule has 2 fully saturated rings. The lowest BCUT2D eigenvalue weighted by Gasteiger charge is -2.36. The van der Waals surface area contributed by atoms with Crippen LogP contribution in [-0.4, -0.2) is 76.6 Å². The van der Waals surface area contributed by atoms with Gasteiger partial charge in [-0.25, -0.2) is 4.79 Å². The second-order valence-corrected chi connectivity index (χ2v) is 7.14. The normalized spacial score (nSPS) is 18.9. The number of amides is 2. The predicted octanol–water partition coefficient (Wildman–Crippen LogP) is 1.69. The van der Waals surface area contributed by atoms with E-state index < -0.39 is 0 Å². The van der Waals surface area contributed by atoms with Gasteiger partial charge in [0.15, 0.2) is 0 Å². The average molecular weight is 377 g/mol. The first-order chi connectivity index (χ1) is 13.3. The SMILES string of the molecule is COc1ccccc1N1CCN(CCCNC(=O)NC2CCOCC2)CC1. The van der Waals surface area contributed by atoms with Gasteiger partial charge in [-0.15, -0.1) is 0 Å². The molecule has 2 N–H and O–H groups in total. The number of methoxy groups -OCH3 is 1. The Kier molecular flexibility index (Phi) is 7.59. The number of ether oxygens (including phenoxy) is 2. The zero-order chi connectivity index (χ0) is 18.9. The molecular weight excluding hydrogens is 344 g/mol. The largest absolute Gasteiger partial charge is 0.495 e. The summed E-state index contributed by atoms with van der Waals surface area (Å²) in [6, 6.07) is 8.39. The van der Waals surface area contributed by atoms with Crippen molar-refractivity contribution < 1.29 is 14.3 Å². The highest BCUT2D eigenvalue weighted by Crippen LogP contribution is 2.28. The minimum atomic E-state index is -0.0529. The van der Waals surface area contributed by atoms with Crippen molar-refractivity contribution in [2.45, 2.75) is 25.3 Å². The van der Waals surface area contributed by atoms with Gasteiger partial charge in [-0.1, -0.05) is 12.1 Å². The fraction of sp³-hybridized carbons (Fsp3) is 0.650. The molecule has 7 nitrogen and oxygen atoms in total. The zero-order valence-corrected chi connectivity index (χ0v) is 16.3. The van der Waals surface area contributed by atoms with Gasteiger partial charge in [0, 0.05) is 52.0 Å². The summed E-state index contributed by atoms with van der Waals surface area (Å²) in [6.45, 7) is 7.27. The van der Waals surface area contributed by atoms with Crippen molar-refractivity contribution in [3.63, 3.8) is 0 Å². The number of nitrogens with one attached hydrogen (secondary N) is 2. The second-order valence-electron chi connectivity index (χ2n) is 7.14. The number of benzene rings is 1. The average Bonchev–Trinajstić information content (AvgIpc) is 2.72. The Morgan fingerprint density at radius 1 is 1.19 bits per heavy atom. The Morgan fingerprint density at radius 3 is 2.67 bits per heavy atom. The van der Waals surface area contributed by atoms with Crippen LogP contribution in [0.3, 0.4) is 0 Å². The lowest BCUT2D eigenvalue weighted by Crippen LogP contribution is -2.47. The molecule has 0 bridgehead atoms. The molecule has 27 heavy (non-hydrogen) atoms. The molecular formula is C20H32N4O3. The van der Waals surface area contributed by atoms with E-state index in [0.717, 1.165) is 70.9 Å². The minimum absolute atomic E-state index is 0.0529. The molecule has 2 heterocycles. The first kappa shape index (κ1) is 19.8. The summed E-state index contributed by atoms with van der Waals surface area (Å²) >= 11 is 0. The van der Waals surface area contributed by atoms with Gasteiger partial charge in [0.25, 0.3) is 0 Å². The fourth-order valence-corrected chi connectivity index (χ4v) is 3.69. The molecule has 7 heteroatoms. The van der Waals surface area contributed by atoms with Crippen LogP contribution in [0.5, 0.6) is 5.75 Å². The molecule has 150 valence electrons. The highest BCUT2D eigenvalue weighted by atomic mass is 16.5. The number of para-hydroxylation sites is 2. The van der Waals surface area contributed by atoms with E-state index in [9.17, 15) is 4.79 Å². The van der Waals surface area contributed by atoms with Crippen molar-refractivity contribution in [3.05, 3.63) is 24.3 Å². The fourth-order valence-electron chi connectivity index (χ4n) is 3.69. The van der Waals surface area contributed by atoms with Crippen LogP contribution in [0.4, 0.5) is 10.5 Å². The molecule has 0 aromatic heterocycles. The summed E-state index contributed by atoms with van der Waals surface area (Å²) in [5, 5.41) is 6.00. The third kappa shape index (κ3) is 6.01. The van der Waals surface area contributed by atoms with Crippen molar-refractivity contribution in [1.82, 2.24) is 15.5 Å². The quantitative estimate of drug-likeness (QED) is 0.709. The van der Waals surface area contributed by atoms with Crippen molar-refractivity contribution in [1.29, 1.82) is 0 Å². The Hall–Kier alpha value is -1.99. The lowest BCUT2D eigenvalue weighted by atomic mass is 10.1. The summed E-state index contributed by atoms with van der Waals surface area (Å²) in [7, 11) is 1.72. The predicted molar refractivity (Wildman–Crippen MR) is 107 cm³/mol. The van der Waals surface area contributed by atoms with E-state index in [1.165, 1.54) is 5.69 Å². The summed E-state index contributed by atoms with van der Waals surface area (Å²) in [5.74, 6) is 0.936. The molecule has 1 aromatic rings. The van der Waals surface area contributed by atoms with Crippen LogP contribution in [0.15, 0.2) is 24.3 Å². The van der Waals surface area contributed by atoms with E-state index in [4.69, 9.17) is 9.47 Å². The Labute approximate surface area is 162 Å². The Morgan fingerprint density at radius 2 is 1.93 bits per heavy atom. The van der Waals surface area contributed by atoms with Gasteiger partial charge in [0.2, 0.25) is 0 Å². The van der Waals surface area contributed by atoms with E-state index >= 15 is 0 Å². The van der Waals surface area contributed by atoms with Crippen molar-refractivity contribution in [2.75, 3.05) is 64.5 Å². The number of hydrogen-bond acceptors (Lipinski definition) is 5. The number of piperazine rings is 1. The highest BCUT2D eigenvalue weighted by molar-refractivity contribution is 5.74. The number of carbonyl (C=O) groups excluding carboxylic acids is 1.